The third-order valence-electron chi connectivity index (χ3n) is 3.98. The summed E-state index contributed by atoms with van der Waals surface area (Å²) in [6, 6.07) is 5.10. The zero-order chi connectivity index (χ0) is 18.5. The molecule has 0 bridgehead atoms. The predicted molar refractivity (Wildman–Crippen MR) is 96.3 cm³/mol. The number of aromatic amines is 1. The van der Waals surface area contributed by atoms with Gasteiger partial charge in [-0.15, -0.1) is 5.10 Å². The number of hydrogen-bond acceptors (Lipinski definition) is 9. The number of benzene rings is 1. The van der Waals surface area contributed by atoms with Crippen LogP contribution in [-0.2, 0) is 6.54 Å². The standard InChI is InChI=1S/C16H21N7O3/c1-3-10(8-24)18-16-19-14(12-15(20-16)22-23-21-12)17-7-9-5-4-6-11(26-2)13(9)25/h4-6,10,24-25H,3,7-8H2,1-2H3,(H3,17,18,19,20,21,22,23). The third-order valence-corrected chi connectivity index (χ3v) is 3.98. The van der Waals surface area contributed by atoms with Crippen LogP contribution < -0.4 is 15.4 Å². The fourth-order valence-electron chi connectivity index (χ4n) is 2.45. The van der Waals surface area contributed by atoms with Crippen molar-refractivity contribution in [2.75, 3.05) is 24.4 Å². The molecule has 138 valence electrons. The smallest absolute Gasteiger partial charge is 0.227 e. The Morgan fingerprint density at radius 3 is 2.85 bits per heavy atom. The Labute approximate surface area is 149 Å². The first-order chi connectivity index (χ1) is 12.7. The number of fused-ring (bicyclic) bond motifs is 1. The molecule has 3 aromatic rings. The van der Waals surface area contributed by atoms with Crippen LogP contribution in [0.1, 0.15) is 18.9 Å². The van der Waals surface area contributed by atoms with E-state index >= 15 is 0 Å². The summed E-state index contributed by atoms with van der Waals surface area (Å²) in [7, 11) is 1.50. The molecule has 0 spiro atoms. The fraction of sp³-hybridized carbons (Fsp3) is 0.375. The number of nitrogens with zero attached hydrogens (tertiary/aromatic N) is 4. The number of aromatic nitrogens is 5. The van der Waals surface area contributed by atoms with Crippen LogP contribution in [0.3, 0.4) is 0 Å². The van der Waals surface area contributed by atoms with E-state index in [1.54, 1.807) is 18.2 Å². The second-order valence-corrected chi connectivity index (χ2v) is 5.65. The van der Waals surface area contributed by atoms with Crippen molar-refractivity contribution in [2.24, 2.45) is 0 Å². The van der Waals surface area contributed by atoms with Gasteiger partial charge in [0, 0.05) is 12.1 Å². The Kier molecular flexibility index (Phi) is 5.32. The molecule has 0 aliphatic rings. The van der Waals surface area contributed by atoms with Gasteiger partial charge < -0.3 is 25.6 Å². The van der Waals surface area contributed by atoms with Gasteiger partial charge in [-0.05, 0) is 12.5 Å². The highest BCUT2D eigenvalue weighted by Gasteiger charge is 2.15. The summed E-state index contributed by atoms with van der Waals surface area (Å²) in [6.45, 7) is 2.23. The molecular weight excluding hydrogens is 338 g/mol. The number of aliphatic hydroxyl groups is 1. The van der Waals surface area contributed by atoms with Gasteiger partial charge in [-0.1, -0.05) is 19.1 Å². The average molecular weight is 359 g/mol. The molecule has 2 aromatic heterocycles. The second kappa shape index (κ2) is 7.83. The van der Waals surface area contributed by atoms with Crippen LogP contribution in [0.25, 0.3) is 11.2 Å². The molecule has 1 aromatic carbocycles. The molecule has 10 nitrogen and oxygen atoms in total. The normalized spacial score (nSPS) is 12.1. The summed E-state index contributed by atoms with van der Waals surface area (Å²) in [5.74, 6) is 1.26. The van der Waals surface area contributed by atoms with E-state index in [4.69, 9.17) is 4.74 Å². The molecule has 26 heavy (non-hydrogen) atoms. The van der Waals surface area contributed by atoms with Gasteiger partial charge in [-0.3, -0.25) is 0 Å². The summed E-state index contributed by atoms with van der Waals surface area (Å²) < 4.78 is 5.12. The number of phenolic OH excluding ortho intramolecular Hbond substituents is 1. The highest BCUT2D eigenvalue weighted by atomic mass is 16.5. The maximum absolute atomic E-state index is 10.2. The van der Waals surface area contributed by atoms with E-state index in [0.717, 1.165) is 6.42 Å². The minimum atomic E-state index is -0.158. The molecule has 0 saturated carbocycles. The maximum atomic E-state index is 10.2. The molecule has 10 heteroatoms. The van der Waals surface area contributed by atoms with Gasteiger partial charge in [0.15, 0.2) is 22.8 Å². The van der Waals surface area contributed by atoms with E-state index in [-0.39, 0.29) is 18.4 Å². The number of phenols is 1. The van der Waals surface area contributed by atoms with Crippen LogP contribution in [0.15, 0.2) is 18.2 Å². The van der Waals surface area contributed by atoms with Crippen molar-refractivity contribution < 1.29 is 14.9 Å². The number of nitrogens with one attached hydrogen (secondary N) is 3. The number of H-pyrrole nitrogens is 1. The number of aliphatic hydroxyl groups excluding tert-OH is 1. The van der Waals surface area contributed by atoms with Gasteiger partial charge in [0.25, 0.3) is 0 Å². The van der Waals surface area contributed by atoms with Crippen LogP contribution in [0.5, 0.6) is 11.5 Å². The second-order valence-electron chi connectivity index (χ2n) is 5.65. The SMILES string of the molecule is CCC(CO)Nc1nc(NCc2cccc(OC)c2O)c2n[nH]nc2n1. The lowest BCUT2D eigenvalue weighted by atomic mass is 10.2. The Hall–Kier alpha value is -3.14. The van der Waals surface area contributed by atoms with Crippen molar-refractivity contribution >= 4 is 22.9 Å². The first kappa shape index (κ1) is 17.7. The van der Waals surface area contributed by atoms with Crippen molar-refractivity contribution in [3.63, 3.8) is 0 Å². The lowest BCUT2D eigenvalue weighted by Gasteiger charge is -2.15. The highest BCUT2D eigenvalue weighted by molar-refractivity contribution is 5.83. The van der Waals surface area contributed by atoms with E-state index in [2.05, 4.69) is 36.0 Å². The molecule has 0 aliphatic carbocycles. The van der Waals surface area contributed by atoms with Gasteiger partial charge in [0.1, 0.15) is 0 Å². The van der Waals surface area contributed by atoms with Crippen LogP contribution in [0.2, 0.25) is 0 Å². The number of ether oxygens (including phenoxy) is 1. The largest absolute Gasteiger partial charge is 0.504 e. The summed E-state index contributed by atoms with van der Waals surface area (Å²) in [5.41, 5.74) is 1.53. The van der Waals surface area contributed by atoms with E-state index in [0.29, 0.717) is 40.8 Å². The Balaban J connectivity index is 1.86. The van der Waals surface area contributed by atoms with Crippen molar-refractivity contribution in [1.29, 1.82) is 0 Å². The van der Waals surface area contributed by atoms with E-state index in [9.17, 15) is 10.2 Å². The topological polar surface area (TPSA) is 141 Å². The first-order valence-corrected chi connectivity index (χ1v) is 8.20. The molecular formula is C16H21N7O3. The molecule has 0 saturated heterocycles. The summed E-state index contributed by atoms with van der Waals surface area (Å²) in [6.07, 6.45) is 0.719. The molecule has 2 heterocycles. The number of methoxy groups -OCH3 is 1. The molecule has 0 amide bonds. The van der Waals surface area contributed by atoms with Crippen LogP contribution >= 0.6 is 0 Å². The van der Waals surface area contributed by atoms with Gasteiger partial charge in [-0.2, -0.15) is 20.3 Å². The number of hydrogen-bond donors (Lipinski definition) is 5. The zero-order valence-corrected chi connectivity index (χ0v) is 14.5. The Morgan fingerprint density at radius 1 is 1.27 bits per heavy atom. The average Bonchev–Trinajstić information content (AvgIpc) is 3.13. The zero-order valence-electron chi connectivity index (χ0n) is 14.5. The molecule has 5 N–H and O–H groups in total. The van der Waals surface area contributed by atoms with Crippen molar-refractivity contribution in [1.82, 2.24) is 25.4 Å². The Bertz CT molecular complexity index is 879. The maximum Gasteiger partial charge on any atom is 0.227 e. The summed E-state index contributed by atoms with van der Waals surface area (Å²) in [4.78, 5) is 8.70. The Morgan fingerprint density at radius 2 is 2.12 bits per heavy atom. The number of aromatic hydroxyl groups is 1. The minimum absolute atomic E-state index is 0.0306. The van der Waals surface area contributed by atoms with Gasteiger partial charge in [0.05, 0.1) is 19.8 Å². The predicted octanol–water partition coefficient (Wildman–Crippen LogP) is 1.26. The lowest BCUT2D eigenvalue weighted by molar-refractivity contribution is 0.271. The van der Waals surface area contributed by atoms with Crippen LogP contribution in [0, 0.1) is 0 Å². The van der Waals surface area contributed by atoms with Crippen molar-refractivity contribution in [3.05, 3.63) is 23.8 Å². The van der Waals surface area contributed by atoms with Crippen LogP contribution in [-0.4, -0.2) is 55.4 Å². The minimum Gasteiger partial charge on any atom is -0.504 e. The monoisotopic (exact) mass is 359 g/mol. The van der Waals surface area contributed by atoms with E-state index < -0.39 is 0 Å². The number of rotatable bonds is 8. The summed E-state index contributed by atoms with van der Waals surface area (Å²) >= 11 is 0. The van der Waals surface area contributed by atoms with E-state index in [1.807, 2.05) is 6.92 Å². The molecule has 1 unspecified atom stereocenters. The quantitative estimate of drug-likeness (QED) is 0.402. The molecule has 1 atom stereocenters. The first-order valence-electron chi connectivity index (χ1n) is 8.20. The number of anilines is 2. The van der Waals surface area contributed by atoms with Gasteiger partial charge in [0.2, 0.25) is 11.6 Å². The summed E-state index contributed by atoms with van der Waals surface area (Å²) in [5, 5.41) is 36.4. The van der Waals surface area contributed by atoms with Gasteiger partial charge >= 0.3 is 0 Å². The fourth-order valence-corrected chi connectivity index (χ4v) is 2.45. The highest BCUT2D eigenvalue weighted by Crippen LogP contribution is 2.30. The lowest BCUT2D eigenvalue weighted by Crippen LogP contribution is -2.24. The molecule has 0 aliphatic heterocycles. The molecule has 3 rings (SSSR count). The third kappa shape index (κ3) is 3.59. The van der Waals surface area contributed by atoms with Crippen molar-refractivity contribution in [2.45, 2.75) is 25.9 Å². The molecule has 0 radical (unpaired) electrons. The van der Waals surface area contributed by atoms with Gasteiger partial charge in [-0.25, -0.2) is 0 Å². The molecule has 0 fully saturated rings. The number of para-hydroxylation sites is 1. The van der Waals surface area contributed by atoms with E-state index in [1.165, 1.54) is 7.11 Å². The van der Waals surface area contributed by atoms with Crippen LogP contribution in [0.4, 0.5) is 11.8 Å². The van der Waals surface area contributed by atoms with Crippen molar-refractivity contribution in [3.8, 4) is 11.5 Å².